The van der Waals surface area contributed by atoms with E-state index < -0.39 is 22.0 Å². The summed E-state index contributed by atoms with van der Waals surface area (Å²) in [4.78, 5) is 51.7. The quantitative estimate of drug-likeness (QED) is 0.0543. The van der Waals surface area contributed by atoms with Crippen molar-refractivity contribution in [1.82, 2.24) is 5.32 Å². The maximum atomic E-state index is 13.7. The maximum Gasteiger partial charge on any atom is 0.272 e. The molecule has 246 valence electrons. The van der Waals surface area contributed by atoms with Gasteiger partial charge in [0.15, 0.2) is 0 Å². The third kappa shape index (κ3) is 9.35. The van der Waals surface area contributed by atoms with Gasteiger partial charge in [-0.15, -0.1) is 11.8 Å². The SMILES string of the molecule is Cc1cc([N+](=O)[O-])ccc1NC(=O)C(Sc1cccc(NC(=O)/C(=C\c2ccc(Cl)cc2Cl)NC(=O)c2ccccc2)c1)c1ccccc1. The number of thioether (sulfide) groups is 1. The van der Waals surface area contributed by atoms with Gasteiger partial charge in [-0.3, -0.25) is 24.5 Å². The predicted octanol–water partition coefficient (Wildman–Crippen LogP) is 9.09. The van der Waals surface area contributed by atoms with Crippen molar-refractivity contribution in [2.45, 2.75) is 17.1 Å². The molecule has 0 aromatic heterocycles. The second-order valence-corrected chi connectivity index (χ2v) is 12.7. The lowest BCUT2D eigenvalue weighted by molar-refractivity contribution is -0.384. The van der Waals surface area contributed by atoms with Gasteiger partial charge in [-0.05, 0) is 78.2 Å². The molecule has 0 aliphatic carbocycles. The van der Waals surface area contributed by atoms with Gasteiger partial charge in [0.2, 0.25) is 5.91 Å². The molecule has 0 aliphatic rings. The fraction of sp³-hybridized carbons (Fsp3) is 0.0541. The number of nitrogens with one attached hydrogen (secondary N) is 3. The van der Waals surface area contributed by atoms with Gasteiger partial charge < -0.3 is 16.0 Å². The number of aryl methyl sites for hydroxylation is 1. The highest BCUT2D eigenvalue weighted by Gasteiger charge is 2.24. The molecule has 12 heteroatoms. The number of non-ortho nitro benzene ring substituents is 1. The number of hydrogen-bond acceptors (Lipinski definition) is 6. The van der Waals surface area contributed by atoms with Gasteiger partial charge in [-0.25, -0.2) is 0 Å². The molecular formula is C37H28Cl2N4O5S. The van der Waals surface area contributed by atoms with Gasteiger partial charge in [0.1, 0.15) is 10.9 Å². The Hall–Kier alpha value is -5.42. The Balaban J connectivity index is 1.39. The second kappa shape index (κ2) is 16.1. The summed E-state index contributed by atoms with van der Waals surface area (Å²) in [5, 5.41) is 19.6. The lowest BCUT2D eigenvalue weighted by Crippen LogP contribution is -2.30. The van der Waals surface area contributed by atoms with Crippen LogP contribution in [0.5, 0.6) is 0 Å². The lowest BCUT2D eigenvalue weighted by atomic mass is 10.1. The van der Waals surface area contributed by atoms with Crippen molar-refractivity contribution in [2.24, 2.45) is 0 Å². The topological polar surface area (TPSA) is 130 Å². The van der Waals surface area contributed by atoms with Crippen LogP contribution in [0.2, 0.25) is 10.0 Å². The van der Waals surface area contributed by atoms with Crippen LogP contribution < -0.4 is 16.0 Å². The third-order valence-electron chi connectivity index (χ3n) is 7.16. The molecule has 0 spiro atoms. The largest absolute Gasteiger partial charge is 0.325 e. The monoisotopic (exact) mass is 710 g/mol. The number of anilines is 2. The zero-order valence-corrected chi connectivity index (χ0v) is 28.2. The summed E-state index contributed by atoms with van der Waals surface area (Å²) >= 11 is 13.7. The van der Waals surface area contributed by atoms with E-state index in [-0.39, 0.29) is 17.3 Å². The normalized spacial score (nSPS) is 11.7. The molecule has 0 saturated heterocycles. The molecule has 49 heavy (non-hydrogen) atoms. The first kappa shape index (κ1) is 34.9. The minimum absolute atomic E-state index is 0.0591. The molecule has 3 amide bonds. The molecule has 1 unspecified atom stereocenters. The highest BCUT2D eigenvalue weighted by molar-refractivity contribution is 8.00. The van der Waals surface area contributed by atoms with E-state index >= 15 is 0 Å². The highest BCUT2D eigenvalue weighted by Crippen LogP contribution is 2.38. The fourth-order valence-electron chi connectivity index (χ4n) is 4.70. The Kier molecular flexibility index (Phi) is 11.5. The van der Waals surface area contributed by atoms with Crippen LogP contribution in [0.15, 0.2) is 132 Å². The molecule has 0 fully saturated rings. The van der Waals surface area contributed by atoms with Crippen LogP contribution in [0.1, 0.15) is 32.3 Å². The van der Waals surface area contributed by atoms with Crippen LogP contribution in [0.3, 0.4) is 0 Å². The first-order chi connectivity index (χ1) is 23.6. The molecule has 5 aromatic rings. The molecule has 5 aromatic carbocycles. The van der Waals surface area contributed by atoms with Gasteiger partial charge in [0.25, 0.3) is 17.5 Å². The highest BCUT2D eigenvalue weighted by atomic mass is 35.5. The van der Waals surface area contributed by atoms with Gasteiger partial charge in [-0.1, -0.05) is 83.9 Å². The van der Waals surface area contributed by atoms with Crippen molar-refractivity contribution in [3.8, 4) is 0 Å². The number of amides is 3. The summed E-state index contributed by atoms with van der Waals surface area (Å²) in [6.45, 7) is 1.69. The number of carbonyl (C=O) groups excluding carboxylic acids is 3. The Morgan fingerprint density at radius 3 is 2.20 bits per heavy atom. The summed E-state index contributed by atoms with van der Waals surface area (Å²) < 4.78 is 0. The van der Waals surface area contributed by atoms with Crippen molar-refractivity contribution >= 4 is 75.8 Å². The van der Waals surface area contributed by atoms with E-state index in [4.69, 9.17) is 23.2 Å². The molecule has 0 saturated carbocycles. The van der Waals surface area contributed by atoms with Gasteiger partial charge >= 0.3 is 0 Å². The van der Waals surface area contributed by atoms with Crippen LogP contribution in [-0.4, -0.2) is 22.6 Å². The van der Waals surface area contributed by atoms with Gasteiger partial charge in [-0.2, -0.15) is 0 Å². The number of hydrogen-bond donors (Lipinski definition) is 3. The Bertz CT molecular complexity index is 2060. The van der Waals surface area contributed by atoms with E-state index in [9.17, 15) is 24.5 Å². The van der Waals surface area contributed by atoms with Crippen molar-refractivity contribution in [3.05, 3.63) is 169 Å². The second-order valence-electron chi connectivity index (χ2n) is 10.7. The molecular weight excluding hydrogens is 683 g/mol. The smallest absolute Gasteiger partial charge is 0.272 e. The number of nitro groups is 1. The van der Waals surface area contributed by atoms with Crippen LogP contribution in [-0.2, 0) is 9.59 Å². The Morgan fingerprint density at radius 2 is 1.53 bits per heavy atom. The van der Waals surface area contributed by atoms with Gasteiger partial charge in [0, 0.05) is 44.0 Å². The molecule has 0 bridgehead atoms. The predicted molar refractivity (Wildman–Crippen MR) is 195 cm³/mol. The number of nitrogens with zero attached hydrogens (tertiary/aromatic N) is 1. The molecule has 0 aliphatic heterocycles. The van der Waals surface area contributed by atoms with Gasteiger partial charge in [0.05, 0.1) is 4.92 Å². The number of benzene rings is 5. The van der Waals surface area contributed by atoms with Crippen molar-refractivity contribution in [3.63, 3.8) is 0 Å². The molecule has 0 radical (unpaired) electrons. The first-order valence-corrected chi connectivity index (χ1v) is 16.4. The maximum absolute atomic E-state index is 13.7. The summed E-state index contributed by atoms with van der Waals surface area (Å²) in [5.41, 5.74) is 2.84. The summed E-state index contributed by atoms with van der Waals surface area (Å²) in [6.07, 6.45) is 1.46. The van der Waals surface area contributed by atoms with Crippen LogP contribution in [0, 0.1) is 17.0 Å². The molecule has 3 N–H and O–H groups in total. The molecule has 1 atom stereocenters. The average Bonchev–Trinajstić information content (AvgIpc) is 3.09. The van der Waals surface area contributed by atoms with E-state index in [1.807, 2.05) is 36.4 Å². The van der Waals surface area contributed by atoms with Crippen LogP contribution in [0.25, 0.3) is 6.08 Å². The standard InChI is InChI=1S/C37H28Cl2N4O5S/c1-23-19-29(43(47)48)17-18-32(23)41-37(46)34(24-9-4-2-5-10-24)49-30-14-8-13-28(22-30)40-36(45)33(20-26-15-16-27(38)21-31(26)39)42-35(44)25-11-6-3-7-12-25/h2-22,34H,1H3,(H,40,45)(H,41,46)(H,42,44)/b33-20+. The number of rotatable bonds is 11. The average molecular weight is 712 g/mol. The molecule has 0 heterocycles. The number of nitro benzene ring substituents is 1. The Morgan fingerprint density at radius 1 is 0.816 bits per heavy atom. The molecule has 5 rings (SSSR count). The fourth-order valence-corrected chi connectivity index (χ4v) is 6.25. The summed E-state index contributed by atoms with van der Waals surface area (Å²) in [5.74, 6) is -1.43. The van der Waals surface area contributed by atoms with E-state index in [2.05, 4.69) is 16.0 Å². The van der Waals surface area contributed by atoms with Crippen molar-refractivity contribution < 1.29 is 19.3 Å². The van der Waals surface area contributed by atoms with Crippen LogP contribution in [0.4, 0.5) is 17.1 Å². The van der Waals surface area contributed by atoms with Crippen molar-refractivity contribution in [2.75, 3.05) is 10.6 Å². The number of carbonyl (C=O) groups is 3. The minimum atomic E-state index is -0.714. The van der Waals surface area contributed by atoms with E-state index in [1.165, 1.54) is 42.1 Å². The van der Waals surface area contributed by atoms with E-state index in [0.717, 1.165) is 5.56 Å². The third-order valence-corrected chi connectivity index (χ3v) is 8.97. The van der Waals surface area contributed by atoms with E-state index in [0.29, 0.717) is 43.0 Å². The zero-order chi connectivity index (χ0) is 34.9. The van der Waals surface area contributed by atoms with Crippen LogP contribution >= 0.6 is 35.0 Å². The lowest BCUT2D eigenvalue weighted by Gasteiger charge is -2.18. The summed E-state index contributed by atoms with van der Waals surface area (Å²) in [7, 11) is 0. The zero-order valence-electron chi connectivity index (χ0n) is 25.9. The van der Waals surface area contributed by atoms with E-state index in [1.54, 1.807) is 67.6 Å². The minimum Gasteiger partial charge on any atom is -0.325 e. The van der Waals surface area contributed by atoms with Crippen molar-refractivity contribution in [1.29, 1.82) is 0 Å². The molecule has 9 nitrogen and oxygen atoms in total. The first-order valence-electron chi connectivity index (χ1n) is 14.8. The Labute approximate surface area is 296 Å². The summed E-state index contributed by atoms with van der Waals surface area (Å²) in [6, 6.07) is 33.6. The number of halogens is 2.